The minimum atomic E-state index is -0.209. The molecule has 0 aromatic heterocycles. The number of nitrogens with two attached hydrogens (primary N) is 1. The third kappa shape index (κ3) is 2.58. The normalized spacial score (nSPS) is 17.5. The molecule has 0 atom stereocenters. The molecule has 2 N–H and O–H groups in total. The Morgan fingerprint density at radius 1 is 1.41 bits per heavy atom. The summed E-state index contributed by atoms with van der Waals surface area (Å²) >= 11 is 0. The molecule has 1 aromatic carbocycles. The zero-order valence-corrected chi connectivity index (χ0v) is 10.2. The van der Waals surface area contributed by atoms with Crippen molar-refractivity contribution in [3.63, 3.8) is 0 Å². The number of methoxy groups -OCH3 is 1. The molecule has 0 amide bonds. The first-order chi connectivity index (χ1) is 8.26. The molecule has 0 bridgehead atoms. The molecule has 2 rings (SSSR count). The first kappa shape index (κ1) is 12.3. The number of nitrogens with zero attached hydrogens (tertiary/aromatic N) is 1. The largest absolute Gasteiger partial charge is 0.381 e. The SMILES string of the molecule is COC1CCN(c2cccc(F)c2CN)CC1. The molecular weight excluding hydrogens is 219 g/mol. The average Bonchev–Trinajstić information content (AvgIpc) is 2.38. The van der Waals surface area contributed by atoms with Crippen LogP contribution < -0.4 is 10.6 Å². The van der Waals surface area contributed by atoms with Gasteiger partial charge in [-0.3, -0.25) is 0 Å². The van der Waals surface area contributed by atoms with Gasteiger partial charge < -0.3 is 15.4 Å². The van der Waals surface area contributed by atoms with E-state index in [0.717, 1.165) is 31.6 Å². The quantitative estimate of drug-likeness (QED) is 0.874. The number of halogens is 1. The van der Waals surface area contributed by atoms with Crippen LogP contribution >= 0.6 is 0 Å². The van der Waals surface area contributed by atoms with Gasteiger partial charge in [0, 0.05) is 38.0 Å². The zero-order chi connectivity index (χ0) is 12.3. The number of hydrogen-bond donors (Lipinski definition) is 1. The lowest BCUT2D eigenvalue weighted by Gasteiger charge is -2.34. The van der Waals surface area contributed by atoms with Crippen molar-refractivity contribution in [3.05, 3.63) is 29.6 Å². The number of anilines is 1. The van der Waals surface area contributed by atoms with Crippen LogP contribution in [0.15, 0.2) is 18.2 Å². The van der Waals surface area contributed by atoms with Gasteiger partial charge in [0.15, 0.2) is 0 Å². The average molecular weight is 238 g/mol. The fourth-order valence-electron chi connectivity index (χ4n) is 2.38. The van der Waals surface area contributed by atoms with Crippen LogP contribution in [0.1, 0.15) is 18.4 Å². The van der Waals surface area contributed by atoms with E-state index >= 15 is 0 Å². The van der Waals surface area contributed by atoms with Gasteiger partial charge in [0.2, 0.25) is 0 Å². The molecule has 4 heteroatoms. The van der Waals surface area contributed by atoms with E-state index in [1.807, 2.05) is 6.07 Å². The summed E-state index contributed by atoms with van der Waals surface area (Å²) in [5.74, 6) is -0.209. The van der Waals surface area contributed by atoms with Gasteiger partial charge in [-0.1, -0.05) is 6.07 Å². The maximum absolute atomic E-state index is 13.6. The molecule has 1 heterocycles. The van der Waals surface area contributed by atoms with E-state index in [-0.39, 0.29) is 12.4 Å². The second-order valence-corrected chi connectivity index (χ2v) is 4.36. The summed E-state index contributed by atoms with van der Waals surface area (Å²) in [5.41, 5.74) is 7.17. The van der Waals surface area contributed by atoms with Crippen molar-refractivity contribution >= 4 is 5.69 Å². The van der Waals surface area contributed by atoms with E-state index in [9.17, 15) is 4.39 Å². The van der Waals surface area contributed by atoms with Crippen molar-refractivity contribution in [1.82, 2.24) is 0 Å². The Bertz CT molecular complexity index is 376. The monoisotopic (exact) mass is 238 g/mol. The Morgan fingerprint density at radius 2 is 2.12 bits per heavy atom. The number of piperidine rings is 1. The van der Waals surface area contributed by atoms with Crippen LogP contribution in [0, 0.1) is 5.82 Å². The smallest absolute Gasteiger partial charge is 0.129 e. The Hall–Kier alpha value is -1.13. The van der Waals surface area contributed by atoms with Crippen molar-refractivity contribution in [2.45, 2.75) is 25.5 Å². The van der Waals surface area contributed by atoms with Crippen molar-refractivity contribution in [2.24, 2.45) is 5.73 Å². The molecule has 0 aliphatic carbocycles. The van der Waals surface area contributed by atoms with Crippen LogP contribution in [0.3, 0.4) is 0 Å². The van der Waals surface area contributed by atoms with Crippen LogP contribution in [0.5, 0.6) is 0 Å². The highest BCUT2D eigenvalue weighted by Crippen LogP contribution is 2.26. The minimum Gasteiger partial charge on any atom is -0.381 e. The van der Waals surface area contributed by atoms with Gasteiger partial charge >= 0.3 is 0 Å². The molecule has 1 aromatic rings. The van der Waals surface area contributed by atoms with Crippen molar-refractivity contribution in [1.29, 1.82) is 0 Å². The topological polar surface area (TPSA) is 38.5 Å². The third-order valence-corrected chi connectivity index (χ3v) is 3.41. The van der Waals surface area contributed by atoms with E-state index in [2.05, 4.69) is 4.90 Å². The fourth-order valence-corrected chi connectivity index (χ4v) is 2.38. The van der Waals surface area contributed by atoms with E-state index < -0.39 is 0 Å². The molecular formula is C13H19FN2O. The lowest BCUT2D eigenvalue weighted by molar-refractivity contribution is 0.0819. The highest BCUT2D eigenvalue weighted by atomic mass is 19.1. The summed E-state index contributed by atoms with van der Waals surface area (Å²) in [7, 11) is 1.74. The number of rotatable bonds is 3. The summed E-state index contributed by atoms with van der Waals surface area (Å²) < 4.78 is 18.9. The predicted molar refractivity (Wildman–Crippen MR) is 66.5 cm³/mol. The van der Waals surface area contributed by atoms with Gasteiger partial charge in [-0.05, 0) is 25.0 Å². The number of hydrogen-bond acceptors (Lipinski definition) is 3. The number of ether oxygens (including phenoxy) is 1. The summed E-state index contributed by atoms with van der Waals surface area (Å²) in [6, 6.07) is 5.15. The lowest BCUT2D eigenvalue weighted by atomic mass is 10.0. The van der Waals surface area contributed by atoms with Crippen LogP contribution in [0.2, 0.25) is 0 Å². The van der Waals surface area contributed by atoms with Gasteiger partial charge in [0.25, 0.3) is 0 Å². The second-order valence-electron chi connectivity index (χ2n) is 4.36. The van der Waals surface area contributed by atoms with Gasteiger partial charge in [-0.2, -0.15) is 0 Å². The zero-order valence-electron chi connectivity index (χ0n) is 10.2. The van der Waals surface area contributed by atoms with E-state index in [1.165, 1.54) is 6.07 Å². The summed E-state index contributed by atoms with van der Waals surface area (Å²) in [6.45, 7) is 2.04. The van der Waals surface area contributed by atoms with E-state index in [0.29, 0.717) is 11.7 Å². The Labute approximate surface area is 101 Å². The minimum absolute atomic E-state index is 0.209. The molecule has 0 radical (unpaired) electrons. The van der Waals surface area contributed by atoms with Crippen molar-refractivity contribution in [2.75, 3.05) is 25.1 Å². The molecule has 3 nitrogen and oxygen atoms in total. The van der Waals surface area contributed by atoms with Gasteiger partial charge in [-0.25, -0.2) is 4.39 Å². The van der Waals surface area contributed by atoms with Crippen molar-refractivity contribution in [3.8, 4) is 0 Å². The molecule has 0 unspecified atom stereocenters. The van der Waals surface area contributed by atoms with Crippen LogP contribution in [-0.4, -0.2) is 26.3 Å². The summed E-state index contributed by atoms with van der Waals surface area (Å²) in [4.78, 5) is 2.20. The Balaban J connectivity index is 2.15. The fraction of sp³-hybridized carbons (Fsp3) is 0.538. The second kappa shape index (κ2) is 5.47. The first-order valence-corrected chi connectivity index (χ1v) is 6.01. The molecule has 0 spiro atoms. The van der Waals surface area contributed by atoms with Crippen molar-refractivity contribution < 1.29 is 9.13 Å². The van der Waals surface area contributed by atoms with Gasteiger partial charge in [0.1, 0.15) is 5.82 Å². The highest BCUT2D eigenvalue weighted by molar-refractivity contribution is 5.54. The van der Waals surface area contributed by atoms with Gasteiger partial charge in [0.05, 0.1) is 6.10 Å². The molecule has 17 heavy (non-hydrogen) atoms. The summed E-state index contributed by atoms with van der Waals surface area (Å²) in [6.07, 6.45) is 2.30. The highest BCUT2D eigenvalue weighted by Gasteiger charge is 2.21. The molecule has 1 fully saturated rings. The standard InChI is InChI=1S/C13H19FN2O/c1-17-10-5-7-16(8-6-10)13-4-2-3-12(14)11(13)9-15/h2-4,10H,5-9,15H2,1H3. The summed E-state index contributed by atoms with van der Waals surface area (Å²) in [5, 5.41) is 0. The Morgan fingerprint density at radius 3 is 2.71 bits per heavy atom. The molecule has 0 saturated carbocycles. The van der Waals surface area contributed by atoms with Crippen LogP contribution in [0.25, 0.3) is 0 Å². The van der Waals surface area contributed by atoms with E-state index in [4.69, 9.17) is 10.5 Å². The number of benzene rings is 1. The molecule has 1 aliphatic rings. The maximum atomic E-state index is 13.6. The van der Waals surface area contributed by atoms with Crippen LogP contribution in [-0.2, 0) is 11.3 Å². The molecule has 1 saturated heterocycles. The molecule has 1 aliphatic heterocycles. The maximum Gasteiger partial charge on any atom is 0.129 e. The molecule has 94 valence electrons. The van der Waals surface area contributed by atoms with Gasteiger partial charge in [-0.15, -0.1) is 0 Å². The Kier molecular flexibility index (Phi) is 3.97. The van der Waals surface area contributed by atoms with E-state index in [1.54, 1.807) is 13.2 Å². The van der Waals surface area contributed by atoms with Crippen LogP contribution in [0.4, 0.5) is 10.1 Å². The third-order valence-electron chi connectivity index (χ3n) is 3.41. The lowest BCUT2D eigenvalue weighted by Crippen LogP contribution is -2.37. The first-order valence-electron chi connectivity index (χ1n) is 6.01. The predicted octanol–water partition coefficient (Wildman–Crippen LogP) is 1.90.